The zero-order chi connectivity index (χ0) is 22.0. The molecule has 1 saturated heterocycles. The van der Waals surface area contributed by atoms with Gasteiger partial charge < -0.3 is 15.0 Å². The summed E-state index contributed by atoms with van der Waals surface area (Å²) in [5.74, 6) is -0.304. The molecule has 2 saturated carbocycles. The van der Waals surface area contributed by atoms with Crippen molar-refractivity contribution in [1.82, 2.24) is 14.2 Å². The van der Waals surface area contributed by atoms with Crippen molar-refractivity contribution in [3.05, 3.63) is 11.6 Å². The number of sulfonamides is 1. The number of aromatic nitrogens is 1. The number of piperazine rings is 1. The number of carbonyl (C=O) groups is 2. The lowest BCUT2D eigenvalue weighted by Crippen LogP contribution is -2.58. The lowest BCUT2D eigenvalue weighted by Gasteiger charge is -2.40. The Morgan fingerprint density at radius 2 is 2.13 bits per heavy atom. The van der Waals surface area contributed by atoms with E-state index >= 15 is 0 Å². The van der Waals surface area contributed by atoms with Gasteiger partial charge in [-0.1, -0.05) is 12.8 Å². The summed E-state index contributed by atoms with van der Waals surface area (Å²) in [6.45, 7) is 0.267. The second-order valence-electron chi connectivity index (χ2n) is 8.63. The number of methoxy groups -OCH3 is 1. The standard InChI is InChI=1S/C20H30N4O5S2/c1-29-15-4-2-3-14(11-15)12-17(19(26)22-20-21-7-10-30-20)24-9-8-23(13-18(24)25)31(27,28)16-5-6-16/h7,10,14-17H,2-6,8-9,11-13H2,1H3,(H,21,22,26)/t14?,15?,17-/m0/s1. The summed E-state index contributed by atoms with van der Waals surface area (Å²) < 4.78 is 31.9. The van der Waals surface area contributed by atoms with Gasteiger partial charge in [0.1, 0.15) is 6.04 Å². The van der Waals surface area contributed by atoms with Crippen LogP contribution in [0.5, 0.6) is 0 Å². The fourth-order valence-electron chi connectivity index (χ4n) is 4.62. The monoisotopic (exact) mass is 470 g/mol. The van der Waals surface area contributed by atoms with E-state index in [-0.39, 0.29) is 48.7 Å². The van der Waals surface area contributed by atoms with Gasteiger partial charge in [-0.05, 0) is 38.0 Å². The van der Waals surface area contributed by atoms with E-state index in [2.05, 4.69) is 10.3 Å². The summed E-state index contributed by atoms with van der Waals surface area (Å²) in [4.78, 5) is 31.9. The van der Waals surface area contributed by atoms with Gasteiger partial charge in [-0.3, -0.25) is 9.59 Å². The number of carbonyl (C=O) groups excluding carboxylic acids is 2. The number of thiazole rings is 1. The van der Waals surface area contributed by atoms with Crippen LogP contribution in [0.25, 0.3) is 0 Å². The zero-order valence-electron chi connectivity index (χ0n) is 17.7. The van der Waals surface area contributed by atoms with Crippen LogP contribution in [0, 0.1) is 5.92 Å². The molecule has 172 valence electrons. The third-order valence-electron chi connectivity index (χ3n) is 6.49. The van der Waals surface area contributed by atoms with Crippen molar-refractivity contribution in [2.24, 2.45) is 5.92 Å². The lowest BCUT2D eigenvalue weighted by molar-refractivity contribution is -0.142. The molecule has 11 heteroatoms. The smallest absolute Gasteiger partial charge is 0.248 e. The van der Waals surface area contributed by atoms with Crippen LogP contribution in [0.3, 0.4) is 0 Å². The van der Waals surface area contributed by atoms with Crippen molar-refractivity contribution in [1.29, 1.82) is 0 Å². The zero-order valence-corrected chi connectivity index (χ0v) is 19.4. The van der Waals surface area contributed by atoms with Gasteiger partial charge in [0, 0.05) is 31.8 Å². The van der Waals surface area contributed by atoms with E-state index in [1.54, 1.807) is 23.6 Å². The number of rotatable bonds is 8. The summed E-state index contributed by atoms with van der Waals surface area (Å²) >= 11 is 1.33. The Kier molecular flexibility index (Phi) is 6.95. The maximum Gasteiger partial charge on any atom is 0.248 e. The SMILES string of the molecule is COC1CCCC(C[C@@H](C(=O)Nc2nccs2)N2CCN(S(=O)(=O)C3CC3)CC2=O)C1. The maximum absolute atomic E-state index is 13.2. The second-order valence-corrected chi connectivity index (χ2v) is 11.7. The van der Waals surface area contributed by atoms with Crippen molar-refractivity contribution >= 4 is 38.3 Å². The Bertz CT molecular complexity index is 887. The molecule has 9 nitrogen and oxygen atoms in total. The average Bonchev–Trinajstić information content (AvgIpc) is 3.51. The molecule has 0 bridgehead atoms. The van der Waals surface area contributed by atoms with Crippen LogP contribution in [0.15, 0.2) is 11.6 Å². The quantitative estimate of drug-likeness (QED) is 0.619. The van der Waals surface area contributed by atoms with Gasteiger partial charge in [0.25, 0.3) is 0 Å². The van der Waals surface area contributed by atoms with Crippen molar-refractivity contribution < 1.29 is 22.7 Å². The molecule has 1 aromatic rings. The number of nitrogens with zero attached hydrogens (tertiary/aromatic N) is 3. The van der Waals surface area contributed by atoms with Crippen LogP contribution in [-0.2, 0) is 24.3 Å². The summed E-state index contributed by atoms with van der Waals surface area (Å²) in [5.41, 5.74) is 0. The van der Waals surface area contributed by atoms with Crippen molar-refractivity contribution in [3.8, 4) is 0 Å². The minimum absolute atomic E-state index is 0.178. The highest BCUT2D eigenvalue weighted by Gasteiger charge is 2.44. The molecule has 1 N–H and O–H groups in total. The molecule has 3 fully saturated rings. The molecular formula is C20H30N4O5S2. The summed E-state index contributed by atoms with van der Waals surface area (Å²) in [7, 11) is -1.70. The molecule has 0 aromatic carbocycles. The lowest BCUT2D eigenvalue weighted by atomic mass is 9.82. The van der Waals surface area contributed by atoms with Gasteiger partial charge in [-0.25, -0.2) is 13.4 Å². The second kappa shape index (κ2) is 9.51. The predicted octanol–water partition coefficient (Wildman–Crippen LogP) is 1.68. The van der Waals surface area contributed by atoms with Gasteiger partial charge in [0.15, 0.2) is 5.13 Å². The first-order valence-corrected chi connectivity index (χ1v) is 13.3. The molecule has 4 rings (SSSR count). The molecule has 2 heterocycles. The average molecular weight is 471 g/mol. The largest absolute Gasteiger partial charge is 0.381 e. The molecule has 2 amide bonds. The van der Waals surface area contributed by atoms with Crippen molar-refractivity contribution in [2.45, 2.75) is 62.3 Å². The highest BCUT2D eigenvalue weighted by Crippen LogP contribution is 2.33. The Labute approximate surface area is 187 Å². The van der Waals surface area contributed by atoms with E-state index in [0.29, 0.717) is 24.4 Å². The van der Waals surface area contributed by atoms with Gasteiger partial charge >= 0.3 is 0 Å². The minimum Gasteiger partial charge on any atom is -0.381 e. The molecule has 2 aliphatic carbocycles. The summed E-state index contributed by atoms with van der Waals surface area (Å²) in [6, 6.07) is -0.650. The third-order valence-corrected chi connectivity index (χ3v) is 9.53. The number of anilines is 1. The van der Waals surface area contributed by atoms with E-state index in [4.69, 9.17) is 4.74 Å². The van der Waals surface area contributed by atoms with Gasteiger partial charge in [0.05, 0.1) is 17.9 Å². The Balaban J connectivity index is 1.48. The molecule has 0 spiro atoms. The third kappa shape index (κ3) is 5.27. The van der Waals surface area contributed by atoms with Crippen molar-refractivity contribution in [2.75, 3.05) is 32.1 Å². The molecule has 1 aromatic heterocycles. The summed E-state index contributed by atoms with van der Waals surface area (Å²) in [5, 5.41) is 4.77. The normalized spacial score (nSPS) is 26.6. The fraction of sp³-hybridized carbons (Fsp3) is 0.750. The molecule has 1 aliphatic heterocycles. The van der Waals surface area contributed by atoms with E-state index in [9.17, 15) is 18.0 Å². The number of amides is 2. The van der Waals surface area contributed by atoms with Crippen molar-refractivity contribution in [3.63, 3.8) is 0 Å². The Morgan fingerprint density at radius 3 is 2.77 bits per heavy atom. The van der Waals surface area contributed by atoms with Crippen LogP contribution in [0.1, 0.15) is 44.9 Å². The number of ether oxygens (including phenoxy) is 1. The van der Waals surface area contributed by atoms with Crippen LogP contribution >= 0.6 is 11.3 Å². The first-order chi connectivity index (χ1) is 14.9. The molecule has 2 unspecified atom stereocenters. The Morgan fingerprint density at radius 1 is 1.32 bits per heavy atom. The van der Waals surface area contributed by atoms with Crippen LogP contribution in [0.4, 0.5) is 5.13 Å². The molecule has 0 radical (unpaired) electrons. The van der Waals surface area contributed by atoms with E-state index < -0.39 is 16.1 Å². The first kappa shape index (κ1) is 22.6. The number of hydrogen-bond acceptors (Lipinski definition) is 7. The molecular weight excluding hydrogens is 440 g/mol. The van der Waals surface area contributed by atoms with Gasteiger partial charge in [-0.2, -0.15) is 4.31 Å². The topological polar surface area (TPSA) is 109 Å². The fourth-order valence-corrected chi connectivity index (χ4v) is 6.94. The predicted molar refractivity (Wildman–Crippen MR) is 117 cm³/mol. The first-order valence-electron chi connectivity index (χ1n) is 10.9. The highest BCUT2D eigenvalue weighted by molar-refractivity contribution is 7.90. The summed E-state index contributed by atoms with van der Waals surface area (Å²) in [6.07, 6.45) is 7.57. The Hall–Kier alpha value is -1.56. The van der Waals surface area contributed by atoms with E-state index in [0.717, 1.165) is 25.7 Å². The van der Waals surface area contributed by atoms with E-state index in [1.165, 1.54) is 15.6 Å². The van der Waals surface area contributed by atoms with Gasteiger partial charge in [0.2, 0.25) is 21.8 Å². The van der Waals surface area contributed by atoms with Gasteiger partial charge in [-0.15, -0.1) is 11.3 Å². The highest BCUT2D eigenvalue weighted by atomic mass is 32.2. The maximum atomic E-state index is 13.2. The number of hydrogen-bond donors (Lipinski definition) is 1. The van der Waals surface area contributed by atoms with Crippen LogP contribution in [-0.4, -0.2) is 78.6 Å². The number of nitrogens with one attached hydrogen (secondary N) is 1. The van der Waals surface area contributed by atoms with Crippen LogP contribution < -0.4 is 5.32 Å². The molecule has 3 atom stereocenters. The minimum atomic E-state index is -3.41. The van der Waals surface area contributed by atoms with E-state index in [1.807, 2.05) is 0 Å². The molecule has 3 aliphatic rings. The van der Waals surface area contributed by atoms with Crippen LogP contribution in [0.2, 0.25) is 0 Å². The molecule has 31 heavy (non-hydrogen) atoms.